The first-order valence-electron chi connectivity index (χ1n) is 4.82. The number of benzene rings is 1. The number of rotatable bonds is 2. The number of furan rings is 1. The van der Waals surface area contributed by atoms with Gasteiger partial charge < -0.3 is 4.42 Å². The summed E-state index contributed by atoms with van der Waals surface area (Å²) >= 11 is 0. The van der Waals surface area contributed by atoms with Gasteiger partial charge in [-0.25, -0.2) is 4.39 Å². The van der Waals surface area contributed by atoms with Crippen molar-refractivity contribution in [3.63, 3.8) is 0 Å². The third-order valence-corrected chi connectivity index (χ3v) is 2.22. The molecule has 0 bridgehead atoms. The van der Waals surface area contributed by atoms with Crippen LogP contribution in [0.4, 0.5) is 4.39 Å². The van der Waals surface area contributed by atoms with Crippen molar-refractivity contribution in [3.8, 4) is 0 Å². The Hall–Kier alpha value is -1.31. The Balaban J connectivity index is 2.55. The molecule has 0 spiro atoms. The zero-order valence-corrected chi connectivity index (χ0v) is 8.38. The lowest BCUT2D eigenvalue weighted by Gasteiger charge is -2.05. The van der Waals surface area contributed by atoms with Crippen LogP contribution in [0.1, 0.15) is 19.4 Å². The number of hydrogen-bond donors (Lipinski definition) is 0. The largest absolute Gasteiger partial charge is 0.464 e. The van der Waals surface area contributed by atoms with Crippen molar-refractivity contribution in [2.24, 2.45) is 5.92 Å². The van der Waals surface area contributed by atoms with Gasteiger partial charge in [-0.15, -0.1) is 0 Å². The minimum atomic E-state index is -0.186. The van der Waals surface area contributed by atoms with Gasteiger partial charge in [0.15, 0.2) is 0 Å². The molecule has 2 rings (SSSR count). The molecule has 1 heterocycles. The summed E-state index contributed by atoms with van der Waals surface area (Å²) in [7, 11) is 0. The Morgan fingerprint density at radius 1 is 1.36 bits per heavy atom. The average molecular weight is 192 g/mol. The summed E-state index contributed by atoms with van der Waals surface area (Å²) in [6, 6.07) is 4.86. The topological polar surface area (TPSA) is 13.1 Å². The van der Waals surface area contributed by atoms with Gasteiger partial charge >= 0.3 is 0 Å². The minimum absolute atomic E-state index is 0.186. The van der Waals surface area contributed by atoms with Crippen LogP contribution in [0.3, 0.4) is 0 Å². The van der Waals surface area contributed by atoms with Crippen LogP contribution >= 0.6 is 0 Å². The molecule has 2 heteroatoms. The van der Waals surface area contributed by atoms with Crippen LogP contribution in [0.15, 0.2) is 28.9 Å². The van der Waals surface area contributed by atoms with Gasteiger partial charge in [-0.05, 0) is 36.1 Å². The summed E-state index contributed by atoms with van der Waals surface area (Å²) in [6.45, 7) is 4.22. The van der Waals surface area contributed by atoms with Gasteiger partial charge in [0, 0.05) is 5.39 Å². The molecule has 0 saturated heterocycles. The molecule has 0 N–H and O–H groups in total. The molecule has 0 radical (unpaired) electrons. The second-order valence-corrected chi connectivity index (χ2v) is 4.00. The van der Waals surface area contributed by atoms with Gasteiger partial charge in [0.25, 0.3) is 0 Å². The maximum Gasteiger partial charge on any atom is 0.137 e. The van der Waals surface area contributed by atoms with Gasteiger partial charge in [0.2, 0.25) is 0 Å². The molecule has 0 saturated carbocycles. The highest BCUT2D eigenvalue weighted by Gasteiger charge is 2.08. The normalized spacial score (nSPS) is 11.4. The number of halogens is 1. The summed E-state index contributed by atoms with van der Waals surface area (Å²) in [5, 5.41) is 0.848. The molecule has 0 aliphatic heterocycles. The maximum atomic E-state index is 13.2. The molecule has 0 atom stereocenters. The van der Waals surface area contributed by atoms with E-state index >= 15 is 0 Å². The maximum absolute atomic E-state index is 13.2. The highest BCUT2D eigenvalue weighted by molar-refractivity contribution is 5.80. The first kappa shape index (κ1) is 9.25. The van der Waals surface area contributed by atoms with Gasteiger partial charge in [0.1, 0.15) is 11.4 Å². The molecule has 1 nitrogen and oxygen atoms in total. The van der Waals surface area contributed by atoms with E-state index in [1.807, 2.05) is 0 Å². The quantitative estimate of drug-likeness (QED) is 0.705. The van der Waals surface area contributed by atoms with E-state index in [4.69, 9.17) is 4.42 Å². The zero-order valence-electron chi connectivity index (χ0n) is 8.38. The van der Waals surface area contributed by atoms with Crippen molar-refractivity contribution < 1.29 is 8.81 Å². The predicted octanol–water partition coefficient (Wildman–Crippen LogP) is 3.77. The molecule has 1 aromatic heterocycles. The van der Waals surface area contributed by atoms with Gasteiger partial charge in [-0.2, -0.15) is 0 Å². The Kier molecular flexibility index (Phi) is 2.28. The van der Waals surface area contributed by atoms with Gasteiger partial charge in [0.05, 0.1) is 6.26 Å². The molecule has 14 heavy (non-hydrogen) atoms. The van der Waals surface area contributed by atoms with Crippen LogP contribution in [0.5, 0.6) is 0 Å². The van der Waals surface area contributed by atoms with Crippen molar-refractivity contribution in [2.45, 2.75) is 20.3 Å². The molecule has 2 aromatic rings. The van der Waals surface area contributed by atoms with Crippen molar-refractivity contribution in [1.29, 1.82) is 0 Å². The highest BCUT2D eigenvalue weighted by Crippen LogP contribution is 2.23. The van der Waals surface area contributed by atoms with E-state index in [2.05, 4.69) is 13.8 Å². The van der Waals surface area contributed by atoms with E-state index in [1.165, 1.54) is 6.07 Å². The monoisotopic (exact) mass is 192 g/mol. The summed E-state index contributed by atoms with van der Waals surface area (Å²) < 4.78 is 18.5. The summed E-state index contributed by atoms with van der Waals surface area (Å²) in [5.74, 6) is 0.319. The number of fused-ring (bicyclic) bond motifs is 1. The Morgan fingerprint density at radius 3 is 2.86 bits per heavy atom. The van der Waals surface area contributed by atoms with E-state index < -0.39 is 0 Å². The first-order valence-corrected chi connectivity index (χ1v) is 4.82. The third kappa shape index (κ3) is 1.65. The van der Waals surface area contributed by atoms with Gasteiger partial charge in [-0.3, -0.25) is 0 Å². The van der Waals surface area contributed by atoms with Crippen LogP contribution in [0.25, 0.3) is 11.0 Å². The van der Waals surface area contributed by atoms with Crippen molar-refractivity contribution in [3.05, 3.63) is 35.8 Å². The van der Waals surface area contributed by atoms with Crippen molar-refractivity contribution >= 4 is 11.0 Å². The molecule has 0 fully saturated rings. The lowest BCUT2D eigenvalue weighted by Crippen LogP contribution is -1.95. The van der Waals surface area contributed by atoms with E-state index in [9.17, 15) is 4.39 Å². The second-order valence-electron chi connectivity index (χ2n) is 4.00. The molecule has 74 valence electrons. The minimum Gasteiger partial charge on any atom is -0.464 e. The summed E-state index contributed by atoms with van der Waals surface area (Å²) in [5.41, 5.74) is 1.78. The lowest BCUT2D eigenvalue weighted by atomic mass is 10.0. The van der Waals surface area contributed by atoms with E-state index in [0.29, 0.717) is 5.92 Å². The standard InChI is InChI=1S/C12H13FO/c1-8(2)5-10-7-11(13)6-9-3-4-14-12(9)10/h3-4,6-8H,5H2,1-2H3. The predicted molar refractivity (Wildman–Crippen MR) is 54.7 cm³/mol. The molecule has 0 amide bonds. The van der Waals surface area contributed by atoms with Gasteiger partial charge in [-0.1, -0.05) is 13.8 Å². The number of hydrogen-bond acceptors (Lipinski definition) is 1. The average Bonchev–Trinajstić information content (AvgIpc) is 2.50. The molecule has 0 unspecified atom stereocenters. The van der Waals surface area contributed by atoms with Crippen LogP contribution < -0.4 is 0 Å². The van der Waals surface area contributed by atoms with E-state index in [1.54, 1.807) is 18.4 Å². The Labute approximate surface area is 82.5 Å². The van der Waals surface area contributed by atoms with Crippen molar-refractivity contribution in [2.75, 3.05) is 0 Å². The molecular weight excluding hydrogens is 179 g/mol. The molecule has 1 aromatic carbocycles. The Bertz CT molecular complexity index is 443. The zero-order chi connectivity index (χ0) is 10.1. The van der Waals surface area contributed by atoms with Crippen molar-refractivity contribution in [1.82, 2.24) is 0 Å². The second kappa shape index (κ2) is 3.45. The highest BCUT2D eigenvalue weighted by atomic mass is 19.1. The van der Waals surface area contributed by atoms with Crippen LogP contribution in [0.2, 0.25) is 0 Å². The van der Waals surface area contributed by atoms with Crippen LogP contribution in [-0.4, -0.2) is 0 Å². The third-order valence-electron chi connectivity index (χ3n) is 2.22. The summed E-state index contributed by atoms with van der Waals surface area (Å²) in [4.78, 5) is 0. The van der Waals surface area contributed by atoms with Crippen LogP contribution in [-0.2, 0) is 6.42 Å². The molecule has 0 aliphatic rings. The molecular formula is C12H13FO. The smallest absolute Gasteiger partial charge is 0.137 e. The van der Waals surface area contributed by atoms with E-state index in [-0.39, 0.29) is 5.82 Å². The summed E-state index contributed by atoms with van der Waals surface area (Å²) in [6.07, 6.45) is 2.45. The molecule has 0 aliphatic carbocycles. The first-order chi connectivity index (χ1) is 6.66. The Morgan fingerprint density at radius 2 is 2.14 bits per heavy atom. The fourth-order valence-electron chi connectivity index (χ4n) is 1.71. The van der Waals surface area contributed by atoms with E-state index in [0.717, 1.165) is 23.0 Å². The fourth-order valence-corrected chi connectivity index (χ4v) is 1.71. The SMILES string of the molecule is CC(C)Cc1cc(F)cc2ccoc12. The van der Waals surface area contributed by atoms with Crippen LogP contribution in [0, 0.1) is 11.7 Å². The fraction of sp³-hybridized carbons (Fsp3) is 0.333. The lowest BCUT2D eigenvalue weighted by molar-refractivity contribution is 0.586.